The molecule has 4 rings (SSSR count). The Morgan fingerprint density at radius 2 is 1.40 bits per heavy atom. The normalized spacial score (nSPS) is 11.8. The van der Waals surface area contributed by atoms with E-state index in [0.717, 1.165) is 53.7 Å². The summed E-state index contributed by atoms with van der Waals surface area (Å²) in [6, 6.07) is 12.4. The molecular formula is C32H33F5N2O. The summed E-state index contributed by atoms with van der Waals surface area (Å²) in [5, 5.41) is 1.26. The maximum atomic E-state index is 15.2. The number of ether oxygens (including phenoxy) is 1. The summed E-state index contributed by atoms with van der Waals surface area (Å²) in [6.07, 6.45) is 8.00. The van der Waals surface area contributed by atoms with Crippen LogP contribution in [0.15, 0.2) is 60.9 Å². The van der Waals surface area contributed by atoms with Crippen molar-refractivity contribution in [3.05, 3.63) is 101 Å². The fourth-order valence-corrected chi connectivity index (χ4v) is 4.75. The predicted octanol–water partition coefficient (Wildman–Crippen LogP) is 8.89. The lowest BCUT2D eigenvalue weighted by molar-refractivity contribution is -0.275. The quantitative estimate of drug-likeness (QED) is 0.122. The molecule has 0 aliphatic rings. The highest BCUT2D eigenvalue weighted by molar-refractivity contribution is 5.84. The van der Waals surface area contributed by atoms with Gasteiger partial charge in [0.15, 0.2) is 11.6 Å². The molecule has 0 aliphatic heterocycles. The molecule has 0 N–H and O–H groups in total. The number of unbranched alkanes of at least 4 members (excludes halogenated alkanes) is 4. The number of aryl methyl sites for hydroxylation is 5. The molecule has 40 heavy (non-hydrogen) atoms. The van der Waals surface area contributed by atoms with Gasteiger partial charge in [-0.15, -0.1) is 13.2 Å². The standard InChI is InChI=1S/C32H33F5N2O/c1-2-3-4-5-6-7-24-20-38-30(39-21-24)17-11-22-9-15-27-26(18-22)14-13-25(31(27)34)12-8-23-10-16-29(28(33)19-23)40-32(35,36)37/h9-10,13-16,18-21H,2-8,11-12,17H2,1H3. The Labute approximate surface area is 231 Å². The van der Waals surface area contributed by atoms with Crippen LogP contribution in [0.5, 0.6) is 5.75 Å². The molecule has 0 unspecified atom stereocenters. The van der Waals surface area contributed by atoms with Crippen LogP contribution < -0.4 is 4.74 Å². The van der Waals surface area contributed by atoms with E-state index in [4.69, 9.17) is 0 Å². The minimum absolute atomic E-state index is 0.265. The van der Waals surface area contributed by atoms with Crippen LogP contribution in [0.25, 0.3) is 10.8 Å². The largest absolute Gasteiger partial charge is 0.573 e. The van der Waals surface area contributed by atoms with Gasteiger partial charge in [-0.05, 0) is 71.9 Å². The third kappa shape index (κ3) is 8.47. The molecule has 3 nitrogen and oxygen atoms in total. The van der Waals surface area contributed by atoms with Crippen molar-refractivity contribution < 1.29 is 26.7 Å². The maximum Gasteiger partial charge on any atom is 0.573 e. The number of fused-ring (bicyclic) bond motifs is 1. The number of rotatable bonds is 13. The van der Waals surface area contributed by atoms with E-state index in [2.05, 4.69) is 21.6 Å². The molecule has 0 amide bonds. The minimum Gasteiger partial charge on any atom is -0.403 e. The topological polar surface area (TPSA) is 35.0 Å². The molecule has 0 fully saturated rings. The number of halogens is 5. The van der Waals surface area contributed by atoms with Gasteiger partial charge in [-0.1, -0.05) is 69.0 Å². The zero-order chi connectivity index (χ0) is 28.5. The first-order valence-electron chi connectivity index (χ1n) is 13.8. The summed E-state index contributed by atoms with van der Waals surface area (Å²) >= 11 is 0. The molecule has 1 aromatic heterocycles. The van der Waals surface area contributed by atoms with Crippen molar-refractivity contribution in [1.82, 2.24) is 9.97 Å². The molecule has 3 aromatic carbocycles. The second-order valence-electron chi connectivity index (χ2n) is 10.1. The van der Waals surface area contributed by atoms with Gasteiger partial charge in [-0.3, -0.25) is 0 Å². The van der Waals surface area contributed by atoms with Crippen LogP contribution in [0, 0.1) is 11.6 Å². The van der Waals surface area contributed by atoms with Crippen LogP contribution >= 0.6 is 0 Å². The Bertz CT molecular complexity index is 1400. The monoisotopic (exact) mass is 556 g/mol. The SMILES string of the molecule is CCCCCCCc1cnc(CCc2ccc3c(F)c(CCc4ccc(OC(F)(F)F)c(F)c4)ccc3c2)nc1. The lowest BCUT2D eigenvalue weighted by atomic mass is 9.98. The summed E-state index contributed by atoms with van der Waals surface area (Å²) in [4.78, 5) is 9.03. The van der Waals surface area contributed by atoms with E-state index in [1.165, 1.54) is 31.7 Å². The summed E-state index contributed by atoms with van der Waals surface area (Å²) in [6.45, 7) is 2.21. The van der Waals surface area contributed by atoms with Crippen molar-refractivity contribution in [2.75, 3.05) is 0 Å². The highest BCUT2D eigenvalue weighted by Crippen LogP contribution is 2.28. The van der Waals surface area contributed by atoms with Crippen LogP contribution in [0.3, 0.4) is 0 Å². The van der Waals surface area contributed by atoms with Crippen molar-refractivity contribution in [3.8, 4) is 5.75 Å². The second kappa shape index (κ2) is 13.7. The number of nitrogens with zero attached hydrogens (tertiary/aromatic N) is 2. The minimum atomic E-state index is -4.97. The molecule has 0 radical (unpaired) electrons. The lowest BCUT2D eigenvalue weighted by Gasteiger charge is -2.11. The molecule has 0 spiro atoms. The Morgan fingerprint density at radius 3 is 2.12 bits per heavy atom. The average molecular weight is 557 g/mol. The molecule has 212 valence electrons. The fourth-order valence-electron chi connectivity index (χ4n) is 4.75. The highest BCUT2D eigenvalue weighted by atomic mass is 19.4. The Balaban J connectivity index is 1.32. The van der Waals surface area contributed by atoms with Crippen molar-refractivity contribution in [3.63, 3.8) is 0 Å². The summed E-state index contributed by atoms with van der Waals surface area (Å²) in [7, 11) is 0. The van der Waals surface area contributed by atoms with E-state index >= 15 is 4.39 Å². The van der Waals surface area contributed by atoms with Crippen molar-refractivity contribution in [2.24, 2.45) is 0 Å². The van der Waals surface area contributed by atoms with Gasteiger partial charge >= 0.3 is 6.36 Å². The van der Waals surface area contributed by atoms with E-state index in [0.29, 0.717) is 22.9 Å². The van der Waals surface area contributed by atoms with Crippen LogP contribution in [0.4, 0.5) is 22.0 Å². The number of hydrogen-bond acceptors (Lipinski definition) is 3. The van der Waals surface area contributed by atoms with E-state index < -0.39 is 17.9 Å². The van der Waals surface area contributed by atoms with Crippen LogP contribution in [-0.4, -0.2) is 16.3 Å². The second-order valence-corrected chi connectivity index (χ2v) is 10.1. The average Bonchev–Trinajstić information content (AvgIpc) is 2.93. The van der Waals surface area contributed by atoms with Gasteiger partial charge in [0, 0.05) is 24.2 Å². The Morgan fingerprint density at radius 1 is 0.700 bits per heavy atom. The number of alkyl halides is 3. The van der Waals surface area contributed by atoms with Crippen LogP contribution in [-0.2, 0) is 32.1 Å². The Kier molecular flexibility index (Phi) is 10.1. The number of benzene rings is 3. The zero-order valence-electron chi connectivity index (χ0n) is 22.5. The van der Waals surface area contributed by atoms with Gasteiger partial charge < -0.3 is 4.74 Å². The third-order valence-electron chi connectivity index (χ3n) is 6.97. The first-order chi connectivity index (χ1) is 19.2. The molecule has 0 saturated carbocycles. The molecule has 4 aromatic rings. The predicted molar refractivity (Wildman–Crippen MR) is 146 cm³/mol. The zero-order valence-corrected chi connectivity index (χ0v) is 22.5. The van der Waals surface area contributed by atoms with Crippen molar-refractivity contribution >= 4 is 10.8 Å². The summed E-state index contributed by atoms with van der Waals surface area (Å²) in [5.74, 6) is -1.57. The van der Waals surface area contributed by atoms with E-state index in [9.17, 15) is 17.6 Å². The van der Waals surface area contributed by atoms with Crippen molar-refractivity contribution in [2.45, 2.75) is 77.5 Å². The summed E-state index contributed by atoms with van der Waals surface area (Å²) < 4.78 is 69.9. The molecule has 8 heteroatoms. The smallest absolute Gasteiger partial charge is 0.403 e. The van der Waals surface area contributed by atoms with Gasteiger partial charge in [0.1, 0.15) is 11.6 Å². The van der Waals surface area contributed by atoms with Gasteiger partial charge in [-0.25, -0.2) is 18.7 Å². The third-order valence-corrected chi connectivity index (χ3v) is 6.97. The Hall–Kier alpha value is -3.55. The van der Waals surface area contributed by atoms with Gasteiger partial charge in [-0.2, -0.15) is 0 Å². The number of hydrogen-bond donors (Lipinski definition) is 0. The molecule has 1 heterocycles. The fraction of sp³-hybridized carbons (Fsp3) is 0.375. The first-order valence-corrected chi connectivity index (χ1v) is 13.8. The van der Waals surface area contributed by atoms with Crippen molar-refractivity contribution in [1.29, 1.82) is 0 Å². The molecule has 0 bridgehead atoms. The van der Waals surface area contributed by atoms with Crippen LogP contribution in [0.1, 0.15) is 67.1 Å². The molecule has 0 aliphatic carbocycles. The van der Waals surface area contributed by atoms with Gasteiger partial charge in [0.05, 0.1) is 0 Å². The summed E-state index contributed by atoms with van der Waals surface area (Å²) in [5.41, 5.74) is 3.12. The molecule has 0 atom stereocenters. The maximum absolute atomic E-state index is 15.2. The van der Waals surface area contributed by atoms with Crippen LogP contribution in [0.2, 0.25) is 0 Å². The molecule has 0 saturated heterocycles. The number of aromatic nitrogens is 2. The van der Waals surface area contributed by atoms with E-state index in [1.54, 1.807) is 12.1 Å². The lowest BCUT2D eigenvalue weighted by Crippen LogP contribution is -2.18. The first kappa shape index (κ1) is 29.4. The van der Waals surface area contributed by atoms with E-state index in [1.807, 2.05) is 30.6 Å². The highest BCUT2D eigenvalue weighted by Gasteiger charge is 2.32. The van der Waals surface area contributed by atoms with Gasteiger partial charge in [0.25, 0.3) is 0 Å². The van der Waals surface area contributed by atoms with Gasteiger partial charge in [0.2, 0.25) is 0 Å². The van der Waals surface area contributed by atoms with E-state index in [-0.39, 0.29) is 18.7 Å². The molecular weight excluding hydrogens is 523 g/mol.